The van der Waals surface area contributed by atoms with Crippen molar-refractivity contribution in [1.82, 2.24) is 9.47 Å². The van der Waals surface area contributed by atoms with Gasteiger partial charge in [0.15, 0.2) is 4.80 Å². The number of fused-ring (bicyclic) bond motifs is 1. The SMILES string of the molecule is CCN(CC)C(=O)C1=C(C)N=c2s/c(=C/c3ccc(-c4ccc([N+](=O)[O-])cc4)o3)c(=O)n2[C@H]1c1ccc(Cl)cc1. The van der Waals surface area contributed by atoms with Crippen molar-refractivity contribution >= 4 is 40.6 Å². The van der Waals surface area contributed by atoms with Crippen molar-refractivity contribution in [3.05, 3.63) is 118 Å². The first-order valence-electron chi connectivity index (χ1n) is 12.6. The third kappa shape index (κ3) is 5.03. The summed E-state index contributed by atoms with van der Waals surface area (Å²) in [5.74, 6) is 0.784. The molecule has 204 valence electrons. The molecule has 0 saturated heterocycles. The first-order valence-corrected chi connectivity index (χ1v) is 13.8. The van der Waals surface area contributed by atoms with Gasteiger partial charge in [-0.2, -0.15) is 0 Å². The Hall–Kier alpha value is -4.28. The van der Waals surface area contributed by atoms with Gasteiger partial charge in [0, 0.05) is 41.9 Å². The molecular weight excluding hydrogens is 552 g/mol. The zero-order valence-corrected chi connectivity index (χ0v) is 23.5. The third-order valence-corrected chi connectivity index (χ3v) is 7.99. The van der Waals surface area contributed by atoms with Gasteiger partial charge in [0.2, 0.25) is 0 Å². The number of furan rings is 1. The highest BCUT2D eigenvalue weighted by Gasteiger charge is 2.34. The molecule has 0 spiro atoms. The monoisotopic (exact) mass is 576 g/mol. The smallest absolute Gasteiger partial charge is 0.271 e. The van der Waals surface area contributed by atoms with Crippen molar-refractivity contribution in [3.63, 3.8) is 0 Å². The standard InChI is InChI=1S/C29H25ClN4O5S/c1-4-32(5-2)28(36)25-17(3)31-29-33(26(25)19-6-10-20(30)11-7-19)27(35)24(40-29)16-22-14-15-23(39-22)18-8-12-21(13-9-18)34(37)38/h6-16,26H,4-5H2,1-3H3/b24-16+/t26-/m0/s1. The van der Waals surface area contributed by atoms with Gasteiger partial charge in [-0.05, 0) is 62.7 Å². The maximum atomic E-state index is 13.8. The van der Waals surface area contributed by atoms with Gasteiger partial charge in [-0.3, -0.25) is 24.3 Å². The molecule has 3 heterocycles. The molecule has 4 aromatic rings. The highest BCUT2D eigenvalue weighted by atomic mass is 35.5. The lowest BCUT2D eigenvalue weighted by atomic mass is 9.94. The molecular formula is C29H25ClN4O5S. The molecule has 0 bridgehead atoms. The molecule has 0 unspecified atom stereocenters. The van der Waals surface area contributed by atoms with Crippen LogP contribution in [-0.4, -0.2) is 33.4 Å². The minimum atomic E-state index is -0.670. The summed E-state index contributed by atoms with van der Waals surface area (Å²) in [6.07, 6.45) is 1.64. The minimum absolute atomic E-state index is 0.0129. The van der Waals surface area contributed by atoms with E-state index in [1.54, 1.807) is 58.9 Å². The van der Waals surface area contributed by atoms with Gasteiger partial charge in [0.1, 0.15) is 11.5 Å². The van der Waals surface area contributed by atoms with E-state index in [-0.39, 0.29) is 17.2 Å². The van der Waals surface area contributed by atoms with Crippen LogP contribution in [0.4, 0.5) is 5.69 Å². The molecule has 5 rings (SSSR count). The topological polar surface area (TPSA) is 111 Å². The molecule has 1 aliphatic heterocycles. The maximum Gasteiger partial charge on any atom is 0.271 e. The normalized spacial score (nSPS) is 15.1. The number of likely N-dealkylation sites (N-methyl/N-ethyl adjacent to an activating group) is 1. The highest BCUT2D eigenvalue weighted by molar-refractivity contribution is 7.07. The van der Waals surface area contributed by atoms with Gasteiger partial charge in [-0.1, -0.05) is 35.1 Å². The number of nitro groups is 1. The number of allylic oxidation sites excluding steroid dienone is 1. The summed E-state index contributed by atoms with van der Waals surface area (Å²) >= 11 is 7.36. The molecule has 1 amide bonds. The Morgan fingerprint density at radius 1 is 1.12 bits per heavy atom. The Labute approximate surface area is 238 Å². The van der Waals surface area contributed by atoms with E-state index in [1.807, 2.05) is 26.0 Å². The number of hydrogen-bond acceptors (Lipinski definition) is 7. The summed E-state index contributed by atoms with van der Waals surface area (Å²) in [5, 5.41) is 11.5. The number of hydrogen-bond donors (Lipinski definition) is 0. The lowest BCUT2D eigenvalue weighted by molar-refractivity contribution is -0.384. The number of non-ortho nitro benzene ring substituents is 1. The Bertz CT molecular complexity index is 1810. The second-order valence-corrected chi connectivity index (χ2v) is 10.6. The predicted octanol–water partition coefficient (Wildman–Crippen LogP) is 4.93. The van der Waals surface area contributed by atoms with Crippen LogP contribution in [0.25, 0.3) is 17.4 Å². The van der Waals surface area contributed by atoms with Crippen LogP contribution in [-0.2, 0) is 4.79 Å². The fourth-order valence-electron chi connectivity index (χ4n) is 4.70. The molecule has 0 aliphatic carbocycles. The van der Waals surface area contributed by atoms with Crippen molar-refractivity contribution in [2.45, 2.75) is 26.8 Å². The molecule has 40 heavy (non-hydrogen) atoms. The van der Waals surface area contributed by atoms with Crippen LogP contribution in [0.3, 0.4) is 0 Å². The molecule has 1 atom stereocenters. The average molecular weight is 577 g/mol. The molecule has 9 nitrogen and oxygen atoms in total. The van der Waals surface area contributed by atoms with Gasteiger partial charge >= 0.3 is 0 Å². The summed E-state index contributed by atoms with van der Waals surface area (Å²) in [6, 6.07) is 16.0. The molecule has 1 aliphatic rings. The number of benzene rings is 2. The number of aromatic nitrogens is 1. The third-order valence-electron chi connectivity index (χ3n) is 6.75. The van der Waals surface area contributed by atoms with Crippen molar-refractivity contribution in [2.24, 2.45) is 4.99 Å². The zero-order chi connectivity index (χ0) is 28.6. The number of carbonyl (C=O) groups excluding carboxylic acids is 1. The number of nitrogens with zero attached hydrogens (tertiary/aromatic N) is 4. The van der Waals surface area contributed by atoms with E-state index in [0.29, 0.717) is 55.8 Å². The van der Waals surface area contributed by atoms with E-state index >= 15 is 0 Å². The molecule has 0 fully saturated rings. The van der Waals surface area contributed by atoms with Crippen molar-refractivity contribution in [1.29, 1.82) is 0 Å². The molecule has 2 aromatic carbocycles. The van der Waals surface area contributed by atoms with Crippen LogP contribution in [0.15, 0.2) is 86.1 Å². The van der Waals surface area contributed by atoms with Gasteiger partial charge in [0.25, 0.3) is 17.2 Å². The van der Waals surface area contributed by atoms with Crippen LogP contribution in [0.5, 0.6) is 0 Å². The maximum absolute atomic E-state index is 13.8. The molecule has 2 aromatic heterocycles. The van der Waals surface area contributed by atoms with Crippen LogP contribution in [0, 0.1) is 10.1 Å². The number of thiazole rings is 1. The predicted molar refractivity (Wildman–Crippen MR) is 154 cm³/mol. The van der Waals surface area contributed by atoms with Gasteiger partial charge in [-0.15, -0.1) is 0 Å². The van der Waals surface area contributed by atoms with Crippen LogP contribution in [0.1, 0.15) is 38.1 Å². The average Bonchev–Trinajstić information content (AvgIpc) is 3.53. The van der Waals surface area contributed by atoms with Crippen LogP contribution < -0.4 is 14.9 Å². The van der Waals surface area contributed by atoms with E-state index in [1.165, 1.54) is 23.5 Å². The summed E-state index contributed by atoms with van der Waals surface area (Å²) in [4.78, 5) is 44.8. The van der Waals surface area contributed by atoms with Crippen molar-refractivity contribution in [2.75, 3.05) is 13.1 Å². The lowest BCUT2D eigenvalue weighted by Crippen LogP contribution is -2.43. The molecule has 11 heteroatoms. The van der Waals surface area contributed by atoms with Gasteiger partial charge in [-0.25, -0.2) is 4.99 Å². The van der Waals surface area contributed by atoms with Gasteiger partial charge < -0.3 is 9.32 Å². The fourth-order valence-corrected chi connectivity index (χ4v) is 5.85. The fraction of sp³-hybridized carbons (Fsp3) is 0.207. The summed E-state index contributed by atoms with van der Waals surface area (Å²) in [5.41, 5.74) is 2.12. The second kappa shape index (κ2) is 11.1. The molecule has 0 radical (unpaired) electrons. The van der Waals surface area contributed by atoms with E-state index in [2.05, 4.69) is 4.99 Å². The number of carbonyl (C=O) groups is 1. The van der Waals surface area contributed by atoms with E-state index in [0.717, 1.165) is 5.56 Å². The summed E-state index contributed by atoms with van der Waals surface area (Å²) in [7, 11) is 0. The summed E-state index contributed by atoms with van der Waals surface area (Å²) in [6.45, 7) is 6.68. The van der Waals surface area contributed by atoms with Crippen LogP contribution >= 0.6 is 22.9 Å². The Morgan fingerprint density at radius 2 is 1.80 bits per heavy atom. The Balaban J connectivity index is 1.60. The lowest BCUT2D eigenvalue weighted by Gasteiger charge is -2.29. The van der Waals surface area contributed by atoms with Crippen molar-refractivity contribution < 1.29 is 14.1 Å². The number of rotatable bonds is 7. The van der Waals surface area contributed by atoms with E-state index in [9.17, 15) is 19.7 Å². The first kappa shape index (κ1) is 27.3. The van der Waals surface area contributed by atoms with Gasteiger partial charge in [0.05, 0.1) is 26.8 Å². The minimum Gasteiger partial charge on any atom is -0.457 e. The number of halogens is 1. The Morgan fingerprint density at radius 3 is 2.42 bits per heavy atom. The van der Waals surface area contributed by atoms with E-state index in [4.69, 9.17) is 16.0 Å². The summed E-state index contributed by atoms with van der Waals surface area (Å²) < 4.78 is 7.90. The largest absolute Gasteiger partial charge is 0.457 e. The zero-order valence-electron chi connectivity index (χ0n) is 22.0. The number of nitro benzene ring substituents is 1. The van der Waals surface area contributed by atoms with Crippen LogP contribution in [0.2, 0.25) is 5.02 Å². The van der Waals surface area contributed by atoms with Crippen molar-refractivity contribution in [3.8, 4) is 11.3 Å². The first-order chi connectivity index (χ1) is 19.2. The Kier molecular flexibility index (Phi) is 7.55. The molecule has 0 saturated carbocycles. The quantitative estimate of drug-likeness (QED) is 0.229. The number of amides is 1. The second-order valence-electron chi connectivity index (χ2n) is 9.12. The highest BCUT2D eigenvalue weighted by Crippen LogP contribution is 2.32. The molecule has 0 N–H and O–H groups in total. The van der Waals surface area contributed by atoms with E-state index < -0.39 is 11.0 Å².